The molecule has 1 N–H and O–H groups in total. The Bertz CT molecular complexity index is 546. The van der Waals surface area contributed by atoms with Gasteiger partial charge in [-0.3, -0.25) is 4.79 Å². The molecule has 3 nitrogen and oxygen atoms in total. The predicted octanol–water partition coefficient (Wildman–Crippen LogP) is 2.74. The average Bonchev–Trinajstić information content (AvgIpc) is 2.44. The molecular weight excluding hydrogens is 226 g/mol. The number of likely N-dealkylation sites (N-methyl/N-ethyl adjacent to an activating group) is 1. The molecule has 0 unspecified atom stereocenters. The number of ether oxygens (including phenoxy) is 1. The summed E-state index contributed by atoms with van der Waals surface area (Å²) in [5, 5.41) is 4.76. The fourth-order valence-electron chi connectivity index (χ4n) is 1.93. The van der Waals surface area contributed by atoms with Crippen LogP contribution in [-0.2, 0) is 4.79 Å². The van der Waals surface area contributed by atoms with Crippen molar-refractivity contribution in [3.8, 4) is 5.75 Å². The lowest BCUT2D eigenvalue weighted by molar-refractivity contribution is -0.127. The first kappa shape index (κ1) is 12.4. The number of amides is 1. The minimum absolute atomic E-state index is 0.0922. The molecule has 0 heterocycles. The van der Waals surface area contributed by atoms with Gasteiger partial charge in [0.15, 0.2) is 6.10 Å². The van der Waals surface area contributed by atoms with E-state index in [1.165, 1.54) is 0 Å². The number of carbonyl (C=O) groups is 1. The van der Waals surface area contributed by atoms with Crippen LogP contribution in [0.2, 0.25) is 0 Å². The second-order valence-corrected chi connectivity index (χ2v) is 4.11. The molecule has 0 saturated carbocycles. The number of hydrogen-bond donors (Lipinski definition) is 1. The molecule has 2 aromatic carbocycles. The van der Waals surface area contributed by atoms with Crippen LogP contribution in [-0.4, -0.2) is 19.1 Å². The molecule has 3 heteroatoms. The summed E-state index contributed by atoms with van der Waals surface area (Å²) in [7, 11) is 1.62. The molecule has 1 atom stereocenters. The van der Waals surface area contributed by atoms with Crippen LogP contribution in [0.4, 0.5) is 0 Å². The Morgan fingerprint density at radius 3 is 2.67 bits per heavy atom. The van der Waals surface area contributed by atoms with Crippen LogP contribution < -0.4 is 10.1 Å². The first-order valence-corrected chi connectivity index (χ1v) is 6.12. The van der Waals surface area contributed by atoms with Crippen LogP contribution in [0.15, 0.2) is 42.5 Å². The summed E-state index contributed by atoms with van der Waals surface area (Å²) in [5.41, 5.74) is 0. The summed E-state index contributed by atoms with van der Waals surface area (Å²) in [5.74, 6) is 0.661. The van der Waals surface area contributed by atoms with Gasteiger partial charge in [0.25, 0.3) is 5.91 Å². The van der Waals surface area contributed by atoms with Gasteiger partial charge >= 0.3 is 0 Å². The number of benzene rings is 2. The van der Waals surface area contributed by atoms with Crippen molar-refractivity contribution in [3.63, 3.8) is 0 Å². The Hall–Kier alpha value is -2.03. The van der Waals surface area contributed by atoms with Gasteiger partial charge in [0, 0.05) is 12.4 Å². The van der Waals surface area contributed by atoms with E-state index >= 15 is 0 Å². The first-order chi connectivity index (χ1) is 8.76. The first-order valence-electron chi connectivity index (χ1n) is 6.12. The lowest BCUT2D eigenvalue weighted by atomic mass is 10.1. The van der Waals surface area contributed by atoms with Crippen molar-refractivity contribution in [2.45, 2.75) is 19.4 Å². The Morgan fingerprint density at radius 2 is 1.94 bits per heavy atom. The van der Waals surface area contributed by atoms with Crippen LogP contribution >= 0.6 is 0 Å². The number of fused-ring (bicyclic) bond motifs is 1. The lowest BCUT2D eigenvalue weighted by Crippen LogP contribution is -2.35. The third kappa shape index (κ3) is 2.45. The summed E-state index contributed by atoms with van der Waals surface area (Å²) in [4.78, 5) is 11.6. The molecule has 2 aromatic rings. The van der Waals surface area contributed by atoms with Gasteiger partial charge in [-0.15, -0.1) is 0 Å². The van der Waals surface area contributed by atoms with Gasteiger partial charge < -0.3 is 10.1 Å². The zero-order chi connectivity index (χ0) is 13.0. The normalized spacial score (nSPS) is 12.1. The number of nitrogens with one attached hydrogen (secondary N) is 1. The van der Waals surface area contributed by atoms with Crippen LogP contribution in [0.3, 0.4) is 0 Å². The van der Waals surface area contributed by atoms with Gasteiger partial charge in [-0.2, -0.15) is 0 Å². The average molecular weight is 243 g/mol. The highest BCUT2D eigenvalue weighted by Crippen LogP contribution is 2.26. The van der Waals surface area contributed by atoms with Crippen molar-refractivity contribution >= 4 is 16.7 Å². The molecule has 0 aliphatic rings. The maximum Gasteiger partial charge on any atom is 0.260 e. The van der Waals surface area contributed by atoms with Gasteiger partial charge in [-0.25, -0.2) is 0 Å². The van der Waals surface area contributed by atoms with E-state index in [1.54, 1.807) is 7.05 Å². The van der Waals surface area contributed by atoms with E-state index < -0.39 is 6.10 Å². The summed E-state index contributed by atoms with van der Waals surface area (Å²) >= 11 is 0. The molecule has 0 aliphatic carbocycles. The molecule has 0 radical (unpaired) electrons. The van der Waals surface area contributed by atoms with E-state index in [-0.39, 0.29) is 5.91 Å². The van der Waals surface area contributed by atoms with Crippen molar-refractivity contribution in [1.82, 2.24) is 5.32 Å². The van der Waals surface area contributed by atoms with Crippen molar-refractivity contribution < 1.29 is 9.53 Å². The Labute approximate surface area is 107 Å². The summed E-state index contributed by atoms with van der Waals surface area (Å²) in [6, 6.07) is 13.9. The molecule has 0 spiro atoms. The highest BCUT2D eigenvalue weighted by molar-refractivity contribution is 5.89. The van der Waals surface area contributed by atoms with E-state index in [9.17, 15) is 4.79 Å². The minimum Gasteiger partial charge on any atom is -0.480 e. The molecule has 1 amide bonds. The van der Waals surface area contributed by atoms with Gasteiger partial charge in [0.05, 0.1) is 0 Å². The maximum absolute atomic E-state index is 11.6. The second kappa shape index (κ2) is 5.54. The van der Waals surface area contributed by atoms with Crippen molar-refractivity contribution in [1.29, 1.82) is 0 Å². The highest BCUT2D eigenvalue weighted by Gasteiger charge is 2.17. The summed E-state index contributed by atoms with van der Waals surface area (Å²) in [6.07, 6.45) is 0.198. The largest absolute Gasteiger partial charge is 0.480 e. The molecule has 2 rings (SSSR count). The van der Waals surface area contributed by atoms with Crippen molar-refractivity contribution in [2.24, 2.45) is 0 Å². The van der Waals surface area contributed by atoms with Gasteiger partial charge in [-0.05, 0) is 17.9 Å². The minimum atomic E-state index is -0.444. The van der Waals surface area contributed by atoms with E-state index in [0.29, 0.717) is 6.42 Å². The predicted molar refractivity (Wildman–Crippen MR) is 72.7 cm³/mol. The monoisotopic (exact) mass is 243 g/mol. The number of rotatable bonds is 4. The van der Waals surface area contributed by atoms with Gasteiger partial charge in [0.1, 0.15) is 5.75 Å². The second-order valence-electron chi connectivity index (χ2n) is 4.11. The van der Waals surface area contributed by atoms with Crippen LogP contribution in [0.5, 0.6) is 5.75 Å². The SMILES string of the molecule is CC[C@H](Oc1cccc2ccccc12)C(=O)NC. The Morgan fingerprint density at radius 1 is 1.22 bits per heavy atom. The van der Waals surface area contributed by atoms with Gasteiger partial charge in [0.2, 0.25) is 0 Å². The smallest absolute Gasteiger partial charge is 0.260 e. The fraction of sp³-hybridized carbons (Fsp3) is 0.267. The Balaban J connectivity index is 2.33. The molecule has 0 bridgehead atoms. The van der Waals surface area contributed by atoms with Crippen LogP contribution in [0, 0.1) is 0 Å². The highest BCUT2D eigenvalue weighted by atomic mass is 16.5. The Kier molecular flexibility index (Phi) is 3.82. The van der Waals surface area contributed by atoms with E-state index in [1.807, 2.05) is 49.4 Å². The van der Waals surface area contributed by atoms with E-state index in [4.69, 9.17) is 4.74 Å². The number of carbonyl (C=O) groups excluding carboxylic acids is 1. The molecule has 0 fully saturated rings. The van der Waals surface area contributed by atoms with Crippen molar-refractivity contribution in [3.05, 3.63) is 42.5 Å². The zero-order valence-corrected chi connectivity index (χ0v) is 10.6. The topological polar surface area (TPSA) is 38.3 Å². The fourth-order valence-corrected chi connectivity index (χ4v) is 1.93. The molecule has 94 valence electrons. The summed E-state index contributed by atoms with van der Waals surface area (Å²) in [6.45, 7) is 1.94. The molecule has 0 aromatic heterocycles. The van der Waals surface area contributed by atoms with Crippen LogP contribution in [0.1, 0.15) is 13.3 Å². The molecule has 0 saturated heterocycles. The van der Waals surface area contributed by atoms with E-state index in [0.717, 1.165) is 16.5 Å². The van der Waals surface area contributed by atoms with E-state index in [2.05, 4.69) is 5.32 Å². The zero-order valence-electron chi connectivity index (χ0n) is 10.6. The third-order valence-electron chi connectivity index (χ3n) is 2.93. The quantitative estimate of drug-likeness (QED) is 0.896. The molecule has 18 heavy (non-hydrogen) atoms. The molecular formula is C15H17NO2. The van der Waals surface area contributed by atoms with Gasteiger partial charge in [-0.1, -0.05) is 43.3 Å². The number of hydrogen-bond acceptors (Lipinski definition) is 2. The summed E-state index contributed by atoms with van der Waals surface area (Å²) < 4.78 is 5.82. The van der Waals surface area contributed by atoms with Crippen molar-refractivity contribution in [2.75, 3.05) is 7.05 Å². The van der Waals surface area contributed by atoms with Crippen LogP contribution in [0.25, 0.3) is 10.8 Å². The standard InChI is InChI=1S/C15H17NO2/c1-3-13(15(17)16-2)18-14-10-6-8-11-7-4-5-9-12(11)14/h4-10,13H,3H2,1-2H3,(H,16,17)/t13-/m0/s1. The third-order valence-corrected chi connectivity index (χ3v) is 2.93. The lowest BCUT2D eigenvalue weighted by Gasteiger charge is -2.17. The maximum atomic E-state index is 11.6. The molecule has 0 aliphatic heterocycles.